The molecular formula is C23H30FN5O4S. The van der Waals surface area contributed by atoms with Crippen molar-refractivity contribution >= 4 is 27.4 Å². The molecule has 11 heteroatoms. The number of halogens is 1. The van der Waals surface area contributed by atoms with Gasteiger partial charge in [-0.25, -0.2) is 27.6 Å². The maximum Gasteiger partial charge on any atom is 0.319 e. The van der Waals surface area contributed by atoms with Gasteiger partial charge < -0.3 is 20.3 Å². The van der Waals surface area contributed by atoms with Crippen LogP contribution in [0.25, 0.3) is 11.4 Å². The normalized spacial score (nSPS) is 19.5. The number of nitrogens with one attached hydrogen (secondary N) is 2. The molecule has 0 unspecified atom stereocenters. The first-order valence-electron chi connectivity index (χ1n) is 11.5. The van der Waals surface area contributed by atoms with Crippen molar-refractivity contribution in [2.45, 2.75) is 37.5 Å². The molecule has 2 fully saturated rings. The number of rotatable bonds is 8. The van der Waals surface area contributed by atoms with Crippen LogP contribution in [0.2, 0.25) is 0 Å². The van der Waals surface area contributed by atoms with Gasteiger partial charge in [-0.2, -0.15) is 0 Å². The summed E-state index contributed by atoms with van der Waals surface area (Å²) in [4.78, 5) is 23.4. The number of urea groups is 1. The minimum atomic E-state index is -3.34. The van der Waals surface area contributed by atoms with Crippen molar-refractivity contribution in [1.82, 2.24) is 15.3 Å². The maximum absolute atomic E-state index is 12.9. The van der Waals surface area contributed by atoms with Crippen LogP contribution in [0.4, 0.5) is 20.7 Å². The number of carbonyl (C=O) groups excluding carboxylic acids is 1. The highest BCUT2D eigenvalue weighted by atomic mass is 32.2. The largest absolute Gasteiger partial charge is 0.377 e. The van der Waals surface area contributed by atoms with Crippen LogP contribution in [-0.2, 0) is 19.3 Å². The average molecular weight is 492 g/mol. The molecule has 2 aliphatic rings. The molecule has 0 radical (unpaired) electrons. The highest BCUT2D eigenvalue weighted by molar-refractivity contribution is 7.92. The van der Waals surface area contributed by atoms with Gasteiger partial charge in [0.05, 0.1) is 24.9 Å². The molecule has 1 saturated carbocycles. The zero-order valence-electron chi connectivity index (χ0n) is 19.4. The minimum Gasteiger partial charge on any atom is -0.377 e. The Morgan fingerprint density at radius 1 is 1.26 bits per heavy atom. The molecule has 34 heavy (non-hydrogen) atoms. The molecule has 1 aromatic heterocycles. The van der Waals surface area contributed by atoms with Crippen molar-refractivity contribution in [2.75, 3.05) is 48.9 Å². The number of sulfone groups is 1. The molecule has 1 aromatic carbocycles. The molecule has 9 nitrogen and oxygen atoms in total. The predicted molar refractivity (Wildman–Crippen MR) is 128 cm³/mol. The number of ether oxygens (including phenoxy) is 1. The molecule has 2 aromatic rings. The van der Waals surface area contributed by atoms with E-state index in [0.29, 0.717) is 61.2 Å². The van der Waals surface area contributed by atoms with E-state index in [4.69, 9.17) is 14.7 Å². The van der Waals surface area contributed by atoms with Gasteiger partial charge in [0.25, 0.3) is 0 Å². The van der Waals surface area contributed by atoms with Crippen LogP contribution < -0.4 is 15.5 Å². The third-order valence-corrected chi connectivity index (χ3v) is 8.87. The minimum absolute atomic E-state index is 0.0560. The summed E-state index contributed by atoms with van der Waals surface area (Å²) in [6.45, 7) is 4.80. The van der Waals surface area contributed by atoms with Gasteiger partial charge in [-0.1, -0.05) is 6.92 Å². The maximum atomic E-state index is 12.9. The monoisotopic (exact) mass is 491 g/mol. The van der Waals surface area contributed by atoms with Gasteiger partial charge in [0.1, 0.15) is 17.2 Å². The zero-order chi connectivity index (χ0) is 24.3. The van der Waals surface area contributed by atoms with Crippen molar-refractivity contribution in [2.24, 2.45) is 0 Å². The Bertz CT molecular complexity index is 1140. The predicted octanol–water partition coefficient (Wildman–Crippen LogP) is 2.88. The van der Waals surface area contributed by atoms with E-state index in [1.807, 2.05) is 13.0 Å². The van der Waals surface area contributed by atoms with Crippen LogP contribution in [0.5, 0.6) is 0 Å². The Balaban J connectivity index is 1.69. The summed E-state index contributed by atoms with van der Waals surface area (Å²) in [5, 5.41) is 5.04. The number of nitrogens with zero attached hydrogens (tertiary/aromatic N) is 3. The molecule has 0 spiro atoms. The lowest BCUT2D eigenvalue weighted by Gasteiger charge is -2.34. The molecule has 1 saturated heterocycles. The third kappa shape index (κ3) is 4.85. The summed E-state index contributed by atoms with van der Waals surface area (Å²) in [6.07, 6.45) is 1.10. The Morgan fingerprint density at radius 3 is 2.62 bits per heavy atom. The van der Waals surface area contributed by atoms with Gasteiger partial charge in [0.15, 0.2) is 15.7 Å². The molecular weight excluding hydrogens is 461 g/mol. The second-order valence-corrected chi connectivity index (χ2v) is 11.2. The number of aromatic nitrogens is 2. The Kier molecular flexibility index (Phi) is 7.04. The second-order valence-electron chi connectivity index (χ2n) is 8.60. The molecule has 2 N–H and O–H groups in total. The molecule has 1 atom stereocenters. The van der Waals surface area contributed by atoms with Crippen LogP contribution in [-0.4, -0.2) is 69.2 Å². The molecule has 1 aliphatic heterocycles. The van der Waals surface area contributed by atoms with Crippen molar-refractivity contribution in [3.05, 3.63) is 36.0 Å². The number of morpholine rings is 1. The fourth-order valence-electron chi connectivity index (χ4n) is 4.17. The highest BCUT2D eigenvalue weighted by Gasteiger charge is 2.56. The number of anilines is 2. The molecule has 4 rings (SSSR count). The number of benzene rings is 1. The molecule has 2 amide bonds. The lowest BCUT2D eigenvalue weighted by Crippen LogP contribution is -2.44. The van der Waals surface area contributed by atoms with Crippen LogP contribution in [0.15, 0.2) is 30.3 Å². The Hall–Kier alpha value is -2.79. The van der Waals surface area contributed by atoms with E-state index in [9.17, 15) is 17.6 Å². The summed E-state index contributed by atoms with van der Waals surface area (Å²) < 4.78 is 42.7. The summed E-state index contributed by atoms with van der Waals surface area (Å²) in [7, 11) is -3.34. The molecule has 0 bridgehead atoms. The number of alkyl halides is 1. The summed E-state index contributed by atoms with van der Waals surface area (Å²) in [6, 6.07) is 8.36. The van der Waals surface area contributed by atoms with E-state index in [2.05, 4.69) is 15.5 Å². The van der Waals surface area contributed by atoms with E-state index in [0.717, 1.165) is 0 Å². The van der Waals surface area contributed by atoms with Gasteiger partial charge in [0.2, 0.25) is 0 Å². The van der Waals surface area contributed by atoms with Gasteiger partial charge in [-0.3, -0.25) is 0 Å². The number of carbonyl (C=O) groups is 1. The van der Waals surface area contributed by atoms with Crippen LogP contribution >= 0.6 is 0 Å². The summed E-state index contributed by atoms with van der Waals surface area (Å²) >= 11 is 0. The number of hydrogen-bond acceptors (Lipinski definition) is 7. The van der Waals surface area contributed by atoms with Crippen molar-refractivity contribution < 1.29 is 22.3 Å². The van der Waals surface area contributed by atoms with Crippen LogP contribution in [0.1, 0.15) is 32.4 Å². The number of amides is 2. The fourth-order valence-corrected chi connectivity index (χ4v) is 5.87. The lowest BCUT2D eigenvalue weighted by molar-refractivity contribution is 0.0985. The quantitative estimate of drug-likeness (QED) is 0.584. The van der Waals surface area contributed by atoms with Crippen molar-refractivity contribution in [3.8, 4) is 11.4 Å². The first-order valence-corrected chi connectivity index (χ1v) is 13.1. The van der Waals surface area contributed by atoms with Crippen molar-refractivity contribution in [1.29, 1.82) is 0 Å². The first-order chi connectivity index (χ1) is 16.3. The van der Waals surface area contributed by atoms with Gasteiger partial charge in [-0.05, 0) is 44.0 Å². The molecule has 184 valence electrons. The van der Waals surface area contributed by atoms with E-state index >= 15 is 0 Å². The Morgan fingerprint density at radius 2 is 2.00 bits per heavy atom. The van der Waals surface area contributed by atoms with Crippen molar-refractivity contribution in [3.63, 3.8) is 0 Å². The van der Waals surface area contributed by atoms with Crippen LogP contribution in [0.3, 0.4) is 0 Å². The molecule has 1 aliphatic carbocycles. The van der Waals surface area contributed by atoms with Gasteiger partial charge in [0, 0.05) is 36.2 Å². The summed E-state index contributed by atoms with van der Waals surface area (Å²) in [5.74, 6) is 1.17. The van der Waals surface area contributed by atoms with E-state index in [1.54, 1.807) is 31.2 Å². The standard InChI is InChI=1S/C23H30FN5O4S/c1-3-34(31,32)23(8-9-23)19-14-20(29-12-13-33-15-16(29)2)28-21(27-19)17-4-6-18(7-5-17)26-22(30)25-11-10-24/h4-7,14,16H,3,8-13,15H2,1-2H3,(H2,25,26,30)/t16-/m0/s1. The second kappa shape index (κ2) is 9.83. The summed E-state index contributed by atoms with van der Waals surface area (Å²) in [5.41, 5.74) is 1.76. The lowest BCUT2D eigenvalue weighted by atomic mass is 10.1. The SMILES string of the molecule is CCS(=O)(=O)C1(c2cc(N3CCOC[C@@H]3C)nc(-c3ccc(NC(=O)NCCF)cc3)n2)CC1. The smallest absolute Gasteiger partial charge is 0.319 e. The zero-order valence-corrected chi connectivity index (χ0v) is 20.2. The van der Waals surface area contributed by atoms with Gasteiger partial charge >= 0.3 is 6.03 Å². The average Bonchev–Trinajstić information content (AvgIpc) is 3.66. The van der Waals surface area contributed by atoms with Gasteiger partial charge in [-0.15, -0.1) is 0 Å². The van der Waals surface area contributed by atoms with Crippen LogP contribution in [0, 0.1) is 0 Å². The number of hydrogen-bond donors (Lipinski definition) is 2. The van der Waals surface area contributed by atoms with E-state index < -0.39 is 27.3 Å². The Labute approximate surface area is 199 Å². The van der Waals surface area contributed by atoms with E-state index in [1.165, 1.54) is 0 Å². The third-order valence-electron chi connectivity index (χ3n) is 6.30. The highest BCUT2D eigenvalue weighted by Crippen LogP contribution is 2.53. The molecule has 2 heterocycles. The fraction of sp³-hybridized carbons (Fsp3) is 0.522. The van der Waals surface area contributed by atoms with E-state index in [-0.39, 0.29) is 18.3 Å². The first kappa shape index (κ1) is 24.3. The topological polar surface area (TPSA) is 114 Å².